The van der Waals surface area contributed by atoms with Crippen molar-refractivity contribution < 1.29 is 4.74 Å². The molecule has 1 heterocycles. The second kappa shape index (κ2) is 5.85. The highest BCUT2D eigenvalue weighted by atomic mass is 16.5. The molecule has 0 saturated heterocycles. The molecule has 0 aliphatic heterocycles. The van der Waals surface area contributed by atoms with E-state index in [1.807, 2.05) is 32.3 Å². The number of nitrogens with one attached hydrogen (secondary N) is 1. The SMILES string of the molecule is CNC(c1ccc(C)nc1)c1ccc(OC)cc1C. The highest BCUT2D eigenvalue weighted by Gasteiger charge is 2.14. The van der Waals surface area contributed by atoms with Gasteiger partial charge in [-0.25, -0.2) is 0 Å². The Balaban J connectivity index is 2.39. The molecule has 100 valence electrons. The molecule has 1 atom stereocenters. The predicted octanol–water partition coefficient (Wildman–Crippen LogP) is 3.02. The topological polar surface area (TPSA) is 34.2 Å². The van der Waals surface area contributed by atoms with E-state index in [0.29, 0.717) is 0 Å². The predicted molar refractivity (Wildman–Crippen MR) is 77.6 cm³/mol. The third kappa shape index (κ3) is 2.93. The van der Waals surface area contributed by atoms with Crippen molar-refractivity contribution in [2.45, 2.75) is 19.9 Å². The number of aromatic nitrogens is 1. The molecule has 1 unspecified atom stereocenters. The second-order valence-corrected chi connectivity index (χ2v) is 4.68. The summed E-state index contributed by atoms with van der Waals surface area (Å²) in [5.41, 5.74) is 4.65. The molecule has 0 aliphatic carbocycles. The fraction of sp³-hybridized carbons (Fsp3) is 0.312. The Bertz CT molecular complexity index is 549. The smallest absolute Gasteiger partial charge is 0.119 e. The van der Waals surface area contributed by atoms with Crippen molar-refractivity contribution in [3.63, 3.8) is 0 Å². The largest absolute Gasteiger partial charge is 0.497 e. The highest BCUT2D eigenvalue weighted by Crippen LogP contribution is 2.27. The Kier molecular flexibility index (Phi) is 4.17. The molecule has 0 spiro atoms. The van der Waals surface area contributed by atoms with Crippen molar-refractivity contribution in [2.24, 2.45) is 0 Å². The molecule has 2 aromatic rings. The zero-order valence-electron chi connectivity index (χ0n) is 11.9. The van der Waals surface area contributed by atoms with Gasteiger partial charge < -0.3 is 10.1 Å². The average molecular weight is 256 g/mol. The fourth-order valence-electron chi connectivity index (χ4n) is 2.25. The maximum absolute atomic E-state index is 5.25. The molecular formula is C16H20N2O. The van der Waals surface area contributed by atoms with Crippen LogP contribution in [0.4, 0.5) is 0 Å². The number of hydrogen-bond acceptors (Lipinski definition) is 3. The first kappa shape index (κ1) is 13.6. The summed E-state index contributed by atoms with van der Waals surface area (Å²) in [4.78, 5) is 4.37. The zero-order valence-corrected chi connectivity index (χ0v) is 11.9. The van der Waals surface area contributed by atoms with E-state index in [2.05, 4.69) is 35.4 Å². The third-order valence-corrected chi connectivity index (χ3v) is 3.34. The van der Waals surface area contributed by atoms with Crippen molar-refractivity contribution >= 4 is 0 Å². The van der Waals surface area contributed by atoms with Gasteiger partial charge in [-0.05, 0) is 55.8 Å². The molecule has 1 N–H and O–H groups in total. The third-order valence-electron chi connectivity index (χ3n) is 3.34. The molecular weight excluding hydrogens is 236 g/mol. The van der Waals surface area contributed by atoms with Gasteiger partial charge in [0.05, 0.1) is 13.2 Å². The van der Waals surface area contributed by atoms with Gasteiger partial charge in [0, 0.05) is 11.9 Å². The van der Waals surface area contributed by atoms with Crippen molar-refractivity contribution in [1.82, 2.24) is 10.3 Å². The molecule has 2 rings (SSSR count). The molecule has 1 aromatic carbocycles. The normalized spacial score (nSPS) is 12.2. The van der Waals surface area contributed by atoms with E-state index >= 15 is 0 Å². The van der Waals surface area contributed by atoms with Crippen LogP contribution in [0.15, 0.2) is 36.5 Å². The van der Waals surface area contributed by atoms with Crippen LogP contribution >= 0.6 is 0 Å². The summed E-state index contributed by atoms with van der Waals surface area (Å²) >= 11 is 0. The van der Waals surface area contributed by atoms with Gasteiger partial charge in [-0.15, -0.1) is 0 Å². The lowest BCUT2D eigenvalue weighted by molar-refractivity contribution is 0.414. The van der Waals surface area contributed by atoms with Crippen LogP contribution in [0.3, 0.4) is 0 Å². The minimum atomic E-state index is 0.152. The molecule has 3 heteroatoms. The zero-order chi connectivity index (χ0) is 13.8. The van der Waals surface area contributed by atoms with Gasteiger partial charge in [0.2, 0.25) is 0 Å². The molecule has 1 aromatic heterocycles. The van der Waals surface area contributed by atoms with Crippen LogP contribution in [0.2, 0.25) is 0 Å². The van der Waals surface area contributed by atoms with E-state index in [4.69, 9.17) is 4.74 Å². The molecule has 19 heavy (non-hydrogen) atoms. The van der Waals surface area contributed by atoms with Gasteiger partial charge >= 0.3 is 0 Å². The average Bonchev–Trinajstić information content (AvgIpc) is 2.43. The standard InChI is InChI=1S/C16H20N2O/c1-11-9-14(19-4)7-8-15(11)16(17-3)13-6-5-12(2)18-10-13/h5-10,16-17H,1-4H3. The number of aryl methyl sites for hydroxylation is 2. The maximum atomic E-state index is 5.25. The molecule has 0 radical (unpaired) electrons. The second-order valence-electron chi connectivity index (χ2n) is 4.68. The number of hydrogen-bond donors (Lipinski definition) is 1. The molecule has 3 nitrogen and oxygen atoms in total. The van der Waals surface area contributed by atoms with Crippen LogP contribution in [0.1, 0.15) is 28.4 Å². The lowest BCUT2D eigenvalue weighted by Crippen LogP contribution is -2.19. The molecule has 0 fully saturated rings. The first-order chi connectivity index (χ1) is 9.15. The van der Waals surface area contributed by atoms with Crippen molar-refractivity contribution in [2.75, 3.05) is 14.2 Å². The van der Waals surface area contributed by atoms with E-state index in [-0.39, 0.29) is 6.04 Å². The van der Waals surface area contributed by atoms with E-state index < -0.39 is 0 Å². The maximum Gasteiger partial charge on any atom is 0.119 e. The quantitative estimate of drug-likeness (QED) is 0.913. The van der Waals surface area contributed by atoms with Crippen LogP contribution in [-0.2, 0) is 0 Å². The summed E-state index contributed by atoms with van der Waals surface area (Å²) in [6, 6.07) is 10.5. The first-order valence-corrected chi connectivity index (χ1v) is 6.40. The van der Waals surface area contributed by atoms with Gasteiger partial charge in [0.1, 0.15) is 5.75 Å². The highest BCUT2D eigenvalue weighted by molar-refractivity contribution is 5.40. The van der Waals surface area contributed by atoms with Crippen LogP contribution in [0.25, 0.3) is 0 Å². The number of rotatable bonds is 4. The molecule has 0 bridgehead atoms. The first-order valence-electron chi connectivity index (χ1n) is 6.40. The minimum Gasteiger partial charge on any atom is -0.497 e. The van der Waals surface area contributed by atoms with Gasteiger partial charge in [-0.3, -0.25) is 4.98 Å². The van der Waals surface area contributed by atoms with Crippen LogP contribution in [0, 0.1) is 13.8 Å². The lowest BCUT2D eigenvalue weighted by Gasteiger charge is -2.19. The van der Waals surface area contributed by atoms with Gasteiger partial charge in [0.25, 0.3) is 0 Å². The summed E-state index contributed by atoms with van der Waals surface area (Å²) in [7, 11) is 3.65. The Morgan fingerprint density at radius 2 is 1.95 bits per heavy atom. The summed E-state index contributed by atoms with van der Waals surface area (Å²) in [5.74, 6) is 0.887. The number of ether oxygens (including phenoxy) is 1. The lowest BCUT2D eigenvalue weighted by atomic mass is 9.96. The Morgan fingerprint density at radius 3 is 2.47 bits per heavy atom. The molecule has 0 amide bonds. The van der Waals surface area contributed by atoms with Crippen LogP contribution in [-0.4, -0.2) is 19.1 Å². The van der Waals surface area contributed by atoms with Crippen molar-refractivity contribution in [3.05, 3.63) is 58.9 Å². The van der Waals surface area contributed by atoms with Gasteiger partial charge in [-0.1, -0.05) is 12.1 Å². The Morgan fingerprint density at radius 1 is 1.16 bits per heavy atom. The summed E-state index contributed by atoms with van der Waals surface area (Å²) in [5, 5.41) is 3.35. The van der Waals surface area contributed by atoms with Crippen LogP contribution in [0.5, 0.6) is 5.75 Å². The monoisotopic (exact) mass is 256 g/mol. The summed E-state index contributed by atoms with van der Waals surface area (Å²) in [6.07, 6.45) is 1.93. The number of pyridine rings is 1. The van der Waals surface area contributed by atoms with E-state index in [9.17, 15) is 0 Å². The van der Waals surface area contributed by atoms with Crippen LogP contribution < -0.4 is 10.1 Å². The molecule has 0 aliphatic rings. The summed E-state index contributed by atoms with van der Waals surface area (Å²) < 4.78 is 5.25. The van der Waals surface area contributed by atoms with E-state index in [1.54, 1.807) is 7.11 Å². The van der Waals surface area contributed by atoms with E-state index in [0.717, 1.165) is 11.4 Å². The number of nitrogens with zero attached hydrogens (tertiary/aromatic N) is 1. The number of methoxy groups -OCH3 is 1. The van der Waals surface area contributed by atoms with E-state index in [1.165, 1.54) is 16.7 Å². The summed E-state index contributed by atoms with van der Waals surface area (Å²) in [6.45, 7) is 4.10. The fourth-order valence-corrected chi connectivity index (χ4v) is 2.25. The number of benzene rings is 1. The Labute approximate surface area is 114 Å². The Hall–Kier alpha value is -1.87. The van der Waals surface area contributed by atoms with Crippen molar-refractivity contribution in [1.29, 1.82) is 0 Å². The van der Waals surface area contributed by atoms with Gasteiger partial charge in [0.15, 0.2) is 0 Å². The van der Waals surface area contributed by atoms with Gasteiger partial charge in [-0.2, -0.15) is 0 Å². The van der Waals surface area contributed by atoms with Crippen molar-refractivity contribution in [3.8, 4) is 5.75 Å². The molecule has 0 saturated carbocycles. The minimum absolute atomic E-state index is 0.152.